The summed E-state index contributed by atoms with van der Waals surface area (Å²) in [4.78, 5) is 12.0. The lowest BCUT2D eigenvalue weighted by Crippen LogP contribution is -2.36. The van der Waals surface area contributed by atoms with Crippen LogP contribution in [-0.4, -0.2) is 31.7 Å². The molecule has 23 heavy (non-hydrogen) atoms. The molecule has 1 aromatic rings. The summed E-state index contributed by atoms with van der Waals surface area (Å²) >= 11 is 0. The van der Waals surface area contributed by atoms with Gasteiger partial charge in [-0.3, -0.25) is 4.79 Å². The molecule has 0 bridgehead atoms. The highest BCUT2D eigenvalue weighted by molar-refractivity contribution is 5.94. The van der Waals surface area contributed by atoms with Crippen LogP contribution >= 0.6 is 0 Å². The van der Waals surface area contributed by atoms with Crippen molar-refractivity contribution in [3.63, 3.8) is 0 Å². The number of ether oxygens (including phenoxy) is 1. The predicted octanol–water partition coefficient (Wildman–Crippen LogP) is 3.33. The number of rotatable bonds is 7. The first-order valence-corrected chi connectivity index (χ1v) is 8.21. The second-order valence-electron chi connectivity index (χ2n) is 5.80. The third-order valence-electron chi connectivity index (χ3n) is 4.02. The summed E-state index contributed by atoms with van der Waals surface area (Å²) in [5.41, 5.74) is 0.317. The van der Waals surface area contributed by atoms with E-state index in [1.165, 1.54) is 56.7 Å². The van der Waals surface area contributed by atoms with Gasteiger partial charge in [0.25, 0.3) is 5.91 Å². The lowest BCUT2D eigenvalue weighted by Gasteiger charge is -2.16. The van der Waals surface area contributed by atoms with Crippen molar-refractivity contribution in [2.24, 2.45) is 0 Å². The zero-order valence-corrected chi connectivity index (χ0v) is 13.2. The molecule has 0 aromatic heterocycles. The van der Waals surface area contributed by atoms with Gasteiger partial charge in [-0.25, -0.2) is 0 Å². The van der Waals surface area contributed by atoms with Gasteiger partial charge in [0.2, 0.25) is 0 Å². The Morgan fingerprint density at radius 2 is 1.91 bits per heavy atom. The van der Waals surface area contributed by atoms with E-state index in [0.29, 0.717) is 24.7 Å². The summed E-state index contributed by atoms with van der Waals surface area (Å²) in [6.45, 7) is -1.67. The Hall–Kier alpha value is -1.69. The zero-order valence-electron chi connectivity index (χ0n) is 13.2. The number of carbonyl (C=O) groups excluding carboxylic acids is 1. The van der Waals surface area contributed by atoms with Crippen molar-refractivity contribution >= 4 is 5.91 Å². The molecule has 1 amide bonds. The summed E-state index contributed by atoms with van der Waals surface area (Å²) in [6, 6.07) is 6.36. The fourth-order valence-corrected chi connectivity index (χ4v) is 2.85. The molecule has 2 rings (SSSR count). The van der Waals surface area contributed by atoms with Crippen molar-refractivity contribution in [2.75, 3.05) is 13.1 Å². The molecule has 0 saturated heterocycles. The van der Waals surface area contributed by atoms with Gasteiger partial charge in [-0.2, -0.15) is 8.78 Å². The highest BCUT2D eigenvalue weighted by Crippen LogP contribution is 2.17. The maximum absolute atomic E-state index is 12.2. The van der Waals surface area contributed by atoms with Crippen LogP contribution in [0.1, 0.15) is 48.9 Å². The Morgan fingerprint density at radius 3 is 2.61 bits per heavy atom. The summed E-state index contributed by atoms with van der Waals surface area (Å²) in [5, 5.41) is 6.26. The monoisotopic (exact) mass is 326 g/mol. The number of hydrogen-bond acceptors (Lipinski definition) is 3. The molecular formula is C17H24F2N2O2. The van der Waals surface area contributed by atoms with Gasteiger partial charge < -0.3 is 15.4 Å². The van der Waals surface area contributed by atoms with Crippen molar-refractivity contribution in [1.82, 2.24) is 10.6 Å². The molecule has 0 aliphatic heterocycles. The second-order valence-corrected chi connectivity index (χ2v) is 5.80. The summed E-state index contributed by atoms with van der Waals surface area (Å²) in [7, 11) is 0. The van der Waals surface area contributed by atoms with Crippen LogP contribution in [0.3, 0.4) is 0 Å². The van der Waals surface area contributed by atoms with Crippen LogP contribution in [0, 0.1) is 0 Å². The average molecular weight is 326 g/mol. The highest BCUT2D eigenvalue weighted by Gasteiger charge is 2.12. The maximum atomic E-state index is 12.2. The van der Waals surface area contributed by atoms with Crippen molar-refractivity contribution < 1.29 is 18.3 Å². The zero-order chi connectivity index (χ0) is 16.5. The Morgan fingerprint density at radius 1 is 1.17 bits per heavy atom. The van der Waals surface area contributed by atoms with Gasteiger partial charge in [0.05, 0.1) is 0 Å². The highest BCUT2D eigenvalue weighted by atomic mass is 19.3. The van der Waals surface area contributed by atoms with E-state index in [4.69, 9.17) is 0 Å². The van der Waals surface area contributed by atoms with Gasteiger partial charge in [-0.1, -0.05) is 31.7 Å². The van der Waals surface area contributed by atoms with Crippen LogP contribution in [0.5, 0.6) is 5.75 Å². The standard InChI is InChI=1S/C17H24F2N2O2/c18-17(19)23-15-9-5-6-13(12-15)16(22)21-11-10-20-14-7-3-1-2-4-8-14/h5-6,9,12,14,17,20H,1-4,7-8,10-11H2,(H,21,22). The van der Waals surface area contributed by atoms with Crippen molar-refractivity contribution in [1.29, 1.82) is 0 Å². The summed E-state index contributed by atoms with van der Waals surface area (Å²) in [5.74, 6) is -0.295. The Balaban J connectivity index is 1.71. The van der Waals surface area contributed by atoms with Crippen LogP contribution in [0.15, 0.2) is 24.3 Å². The van der Waals surface area contributed by atoms with E-state index in [0.717, 1.165) is 0 Å². The molecule has 2 N–H and O–H groups in total. The lowest BCUT2D eigenvalue weighted by atomic mass is 10.1. The average Bonchev–Trinajstić information content (AvgIpc) is 2.79. The minimum atomic E-state index is -2.89. The molecule has 0 atom stereocenters. The normalized spacial score (nSPS) is 16.1. The number of alkyl halides is 2. The first-order valence-electron chi connectivity index (χ1n) is 8.21. The van der Waals surface area contributed by atoms with E-state index in [-0.39, 0.29) is 11.7 Å². The van der Waals surface area contributed by atoms with E-state index >= 15 is 0 Å². The fourth-order valence-electron chi connectivity index (χ4n) is 2.85. The molecule has 1 aliphatic rings. The number of hydrogen-bond donors (Lipinski definition) is 2. The van der Waals surface area contributed by atoms with Gasteiger partial charge in [0, 0.05) is 24.7 Å². The Bertz CT molecular complexity index is 489. The molecular weight excluding hydrogens is 302 g/mol. The summed E-state index contributed by atoms with van der Waals surface area (Å²) < 4.78 is 28.6. The third kappa shape index (κ3) is 6.52. The van der Waals surface area contributed by atoms with Gasteiger partial charge in [0.1, 0.15) is 5.75 Å². The van der Waals surface area contributed by atoms with Gasteiger partial charge in [-0.15, -0.1) is 0 Å². The molecule has 0 spiro atoms. The van der Waals surface area contributed by atoms with E-state index in [1.54, 1.807) is 6.07 Å². The smallest absolute Gasteiger partial charge is 0.387 e. The van der Waals surface area contributed by atoms with Crippen LogP contribution in [0.2, 0.25) is 0 Å². The van der Waals surface area contributed by atoms with Crippen molar-refractivity contribution in [3.8, 4) is 5.75 Å². The van der Waals surface area contributed by atoms with Gasteiger partial charge in [-0.05, 0) is 31.0 Å². The molecule has 0 heterocycles. The van der Waals surface area contributed by atoms with Crippen molar-refractivity contribution in [3.05, 3.63) is 29.8 Å². The molecule has 0 unspecified atom stereocenters. The van der Waals surface area contributed by atoms with E-state index in [9.17, 15) is 13.6 Å². The van der Waals surface area contributed by atoms with Crippen LogP contribution < -0.4 is 15.4 Å². The number of nitrogens with one attached hydrogen (secondary N) is 2. The Labute approximate surface area is 135 Å². The van der Waals surface area contributed by atoms with Crippen LogP contribution in [0.4, 0.5) is 8.78 Å². The maximum Gasteiger partial charge on any atom is 0.387 e. The van der Waals surface area contributed by atoms with Crippen LogP contribution in [0.25, 0.3) is 0 Å². The molecule has 0 radical (unpaired) electrons. The minimum Gasteiger partial charge on any atom is -0.435 e. The topological polar surface area (TPSA) is 50.4 Å². The third-order valence-corrected chi connectivity index (χ3v) is 4.02. The van der Waals surface area contributed by atoms with Gasteiger partial charge >= 0.3 is 6.61 Å². The number of carbonyl (C=O) groups is 1. The SMILES string of the molecule is O=C(NCCNC1CCCCCC1)c1cccc(OC(F)F)c1. The predicted molar refractivity (Wildman–Crippen MR) is 84.9 cm³/mol. The number of halogens is 2. The lowest BCUT2D eigenvalue weighted by molar-refractivity contribution is -0.0498. The minimum absolute atomic E-state index is 0.00997. The molecule has 1 aliphatic carbocycles. The molecule has 1 fully saturated rings. The first kappa shape index (κ1) is 17.7. The Kier molecular flexibility index (Phi) is 7.26. The van der Waals surface area contributed by atoms with E-state index < -0.39 is 6.61 Å². The quantitative estimate of drug-likeness (QED) is 0.597. The molecule has 1 saturated carbocycles. The van der Waals surface area contributed by atoms with E-state index in [2.05, 4.69) is 15.4 Å². The molecule has 1 aromatic carbocycles. The molecule has 128 valence electrons. The molecule has 6 heteroatoms. The van der Waals surface area contributed by atoms with Crippen molar-refractivity contribution in [2.45, 2.75) is 51.2 Å². The fraction of sp³-hybridized carbons (Fsp3) is 0.588. The van der Waals surface area contributed by atoms with E-state index in [1.807, 2.05) is 0 Å². The van der Waals surface area contributed by atoms with Crippen LogP contribution in [-0.2, 0) is 0 Å². The summed E-state index contributed by atoms with van der Waals surface area (Å²) in [6.07, 6.45) is 7.54. The first-order chi connectivity index (χ1) is 11.1. The number of benzene rings is 1. The van der Waals surface area contributed by atoms with Gasteiger partial charge in [0.15, 0.2) is 0 Å². The molecule has 4 nitrogen and oxygen atoms in total. The number of amides is 1. The second kappa shape index (κ2) is 9.45. The largest absolute Gasteiger partial charge is 0.435 e.